The van der Waals surface area contributed by atoms with Crippen LogP contribution in [0.2, 0.25) is 0 Å². The van der Waals surface area contributed by atoms with Crippen molar-refractivity contribution in [1.29, 1.82) is 0 Å². The van der Waals surface area contributed by atoms with Gasteiger partial charge in [0.25, 0.3) is 10.0 Å². The number of nitrogens with zero attached hydrogens (tertiary/aromatic N) is 1. The average molecular weight is 359 g/mol. The number of nitrogens with one attached hydrogen (secondary N) is 2. The summed E-state index contributed by atoms with van der Waals surface area (Å²) in [5.74, 6) is -0.0309. The summed E-state index contributed by atoms with van der Waals surface area (Å²) in [5.41, 5.74) is 4.63. The molecular weight excluding hydrogens is 338 g/mol. The molecule has 6 nitrogen and oxygen atoms in total. The maximum absolute atomic E-state index is 12.4. The van der Waals surface area contributed by atoms with Gasteiger partial charge in [-0.15, -0.1) is 0 Å². The first kappa shape index (κ1) is 17.3. The van der Waals surface area contributed by atoms with Crippen LogP contribution in [0.3, 0.4) is 0 Å². The molecule has 1 aliphatic rings. The lowest BCUT2D eigenvalue weighted by molar-refractivity contribution is -0.125. The van der Waals surface area contributed by atoms with E-state index in [0.717, 1.165) is 11.3 Å². The van der Waals surface area contributed by atoms with Gasteiger partial charge in [-0.3, -0.25) is 20.0 Å². The minimum absolute atomic E-state index is 0.0309. The molecule has 0 saturated carbocycles. The third-order valence-electron chi connectivity index (χ3n) is 4.17. The molecule has 3 rings (SSSR count). The van der Waals surface area contributed by atoms with Gasteiger partial charge in [-0.25, -0.2) is 8.42 Å². The number of aryl methyl sites for hydroxylation is 1. The summed E-state index contributed by atoms with van der Waals surface area (Å²) in [6.45, 7) is 6.22. The molecule has 1 heterocycles. The first-order chi connectivity index (χ1) is 11.7. The van der Waals surface area contributed by atoms with E-state index in [1.54, 1.807) is 53.5 Å². The summed E-state index contributed by atoms with van der Waals surface area (Å²) in [4.78, 5) is 12.1. The number of hydrogen-bond acceptors (Lipinski definition) is 4. The second kappa shape index (κ2) is 6.07. The first-order valence-electron chi connectivity index (χ1n) is 7.96. The Bertz CT molecular complexity index is 888. The van der Waals surface area contributed by atoms with Crippen molar-refractivity contribution in [3.63, 3.8) is 0 Å². The number of carbonyl (C=O) groups excluding carboxylic acids is 1. The Hall–Kier alpha value is -2.54. The molecule has 0 aliphatic carbocycles. The third-order valence-corrected chi connectivity index (χ3v) is 5.56. The van der Waals surface area contributed by atoms with E-state index < -0.39 is 15.4 Å². The fourth-order valence-electron chi connectivity index (χ4n) is 2.58. The number of amides is 1. The molecule has 1 amide bonds. The van der Waals surface area contributed by atoms with Gasteiger partial charge in [0.2, 0.25) is 5.91 Å². The minimum atomic E-state index is -3.62. The molecular formula is C18H21N3O3S. The van der Waals surface area contributed by atoms with Crippen molar-refractivity contribution in [3.05, 3.63) is 54.1 Å². The highest BCUT2D eigenvalue weighted by atomic mass is 32.2. The Labute approximate surface area is 147 Å². The van der Waals surface area contributed by atoms with Crippen LogP contribution >= 0.6 is 0 Å². The molecule has 0 radical (unpaired) electrons. The molecule has 0 atom stereocenters. The van der Waals surface area contributed by atoms with Gasteiger partial charge < -0.3 is 0 Å². The predicted molar refractivity (Wildman–Crippen MR) is 97.7 cm³/mol. The fourth-order valence-corrected chi connectivity index (χ4v) is 3.64. The first-order valence-corrected chi connectivity index (χ1v) is 9.44. The van der Waals surface area contributed by atoms with E-state index >= 15 is 0 Å². The van der Waals surface area contributed by atoms with Gasteiger partial charge in [0, 0.05) is 5.69 Å². The number of anilines is 2. The largest absolute Gasteiger partial charge is 0.284 e. The Kier molecular flexibility index (Phi) is 4.20. The van der Waals surface area contributed by atoms with Crippen LogP contribution in [0.15, 0.2) is 53.4 Å². The van der Waals surface area contributed by atoms with Gasteiger partial charge in [0.1, 0.15) is 0 Å². The van der Waals surface area contributed by atoms with Gasteiger partial charge in [-0.05, 0) is 57.2 Å². The molecule has 2 N–H and O–H groups in total. The maximum Gasteiger partial charge on any atom is 0.261 e. The average Bonchev–Trinajstić information content (AvgIpc) is 2.81. The van der Waals surface area contributed by atoms with Crippen molar-refractivity contribution < 1.29 is 13.2 Å². The van der Waals surface area contributed by atoms with Gasteiger partial charge >= 0.3 is 0 Å². The van der Waals surface area contributed by atoms with E-state index in [-0.39, 0.29) is 10.8 Å². The third kappa shape index (κ3) is 3.61. The second-order valence-electron chi connectivity index (χ2n) is 6.88. The topological polar surface area (TPSA) is 78.5 Å². The summed E-state index contributed by atoms with van der Waals surface area (Å²) in [5, 5.41) is 1.76. The minimum Gasteiger partial charge on any atom is -0.284 e. The zero-order valence-corrected chi connectivity index (χ0v) is 15.2. The van der Waals surface area contributed by atoms with Crippen molar-refractivity contribution in [2.75, 3.05) is 16.3 Å². The van der Waals surface area contributed by atoms with Crippen molar-refractivity contribution in [2.45, 2.75) is 25.7 Å². The van der Waals surface area contributed by atoms with Crippen LogP contribution < -0.4 is 15.2 Å². The van der Waals surface area contributed by atoms with Crippen LogP contribution in [0.25, 0.3) is 0 Å². The molecule has 0 bridgehead atoms. The van der Waals surface area contributed by atoms with Gasteiger partial charge in [-0.1, -0.05) is 17.7 Å². The Morgan fingerprint density at radius 2 is 1.64 bits per heavy atom. The molecule has 1 saturated heterocycles. The van der Waals surface area contributed by atoms with Crippen molar-refractivity contribution >= 4 is 27.3 Å². The molecule has 7 heteroatoms. The fraction of sp³-hybridized carbons (Fsp3) is 0.278. The van der Waals surface area contributed by atoms with Crippen LogP contribution in [-0.2, 0) is 14.8 Å². The van der Waals surface area contributed by atoms with Crippen molar-refractivity contribution in [2.24, 2.45) is 5.41 Å². The highest BCUT2D eigenvalue weighted by molar-refractivity contribution is 7.92. The van der Waals surface area contributed by atoms with E-state index in [1.165, 1.54) is 0 Å². The zero-order chi connectivity index (χ0) is 18.2. The van der Waals surface area contributed by atoms with Crippen LogP contribution in [0.1, 0.15) is 19.4 Å². The summed E-state index contributed by atoms with van der Waals surface area (Å²) in [6.07, 6.45) is 0. The van der Waals surface area contributed by atoms with E-state index in [4.69, 9.17) is 0 Å². The summed E-state index contributed by atoms with van der Waals surface area (Å²) in [7, 11) is -3.62. The number of rotatable bonds is 4. The number of hydrogen-bond donors (Lipinski definition) is 2. The van der Waals surface area contributed by atoms with Crippen LogP contribution in [0.4, 0.5) is 11.4 Å². The Morgan fingerprint density at radius 3 is 2.16 bits per heavy atom. The lowest BCUT2D eigenvalue weighted by Crippen LogP contribution is -2.33. The molecule has 1 fully saturated rings. The summed E-state index contributed by atoms with van der Waals surface area (Å²) in [6, 6.07) is 13.6. The smallest absolute Gasteiger partial charge is 0.261 e. The molecule has 0 unspecified atom stereocenters. The summed E-state index contributed by atoms with van der Waals surface area (Å²) >= 11 is 0. The SMILES string of the molecule is Cc1ccc(S(=O)(=O)Nc2ccc(N3CC(C)(C)C(=O)N3)cc2)cc1. The highest BCUT2D eigenvalue weighted by Gasteiger charge is 2.38. The highest BCUT2D eigenvalue weighted by Crippen LogP contribution is 2.28. The lowest BCUT2D eigenvalue weighted by Gasteiger charge is -2.19. The molecule has 132 valence electrons. The molecule has 0 spiro atoms. The quantitative estimate of drug-likeness (QED) is 0.880. The van der Waals surface area contributed by atoms with Crippen LogP contribution in [0.5, 0.6) is 0 Å². The standard InChI is InChI=1S/C18H21N3O3S/c1-13-4-10-16(11-5-13)25(23,24)20-14-6-8-15(9-7-14)21-12-18(2,3)17(22)19-21/h4-11,20H,12H2,1-3H3,(H,19,22). The maximum atomic E-state index is 12.4. The summed E-state index contributed by atoms with van der Waals surface area (Å²) < 4.78 is 27.4. The normalized spacial score (nSPS) is 16.6. The number of carbonyl (C=O) groups is 1. The molecule has 2 aromatic rings. The molecule has 25 heavy (non-hydrogen) atoms. The van der Waals surface area contributed by atoms with E-state index in [9.17, 15) is 13.2 Å². The predicted octanol–water partition coefficient (Wildman–Crippen LogP) is 2.67. The van der Waals surface area contributed by atoms with Gasteiger partial charge in [0.15, 0.2) is 0 Å². The molecule has 2 aromatic carbocycles. The van der Waals surface area contributed by atoms with E-state index in [1.807, 2.05) is 20.8 Å². The molecule has 0 aromatic heterocycles. The molecule has 1 aliphatic heterocycles. The second-order valence-corrected chi connectivity index (χ2v) is 8.56. The van der Waals surface area contributed by atoms with Crippen LogP contribution in [0, 0.1) is 12.3 Å². The number of hydrazine groups is 1. The lowest BCUT2D eigenvalue weighted by atomic mass is 9.94. The Morgan fingerprint density at radius 1 is 1.04 bits per heavy atom. The zero-order valence-electron chi connectivity index (χ0n) is 14.4. The van der Waals surface area contributed by atoms with E-state index in [0.29, 0.717) is 12.2 Å². The number of benzene rings is 2. The van der Waals surface area contributed by atoms with Crippen molar-refractivity contribution in [1.82, 2.24) is 5.43 Å². The van der Waals surface area contributed by atoms with Crippen molar-refractivity contribution in [3.8, 4) is 0 Å². The van der Waals surface area contributed by atoms with Gasteiger partial charge in [0.05, 0.1) is 22.5 Å². The number of sulfonamides is 1. The van der Waals surface area contributed by atoms with E-state index in [2.05, 4.69) is 10.1 Å². The Balaban J connectivity index is 1.75. The van der Waals surface area contributed by atoms with Crippen LogP contribution in [-0.4, -0.2) is 20.9 Å². The van der Waals surface area contributed by atoms with Gasteiger partial charge in [-0.2, -0.15) is 0 Å². The monoisotopic (exact) mass is 359 g/mol.